The molecule has 2 aromatic rings. The summed E-state index contributed by atoms with van der Waals surface area (Å²) in [7, 11) is 0. The Bertz CT molecular complexity index is 531. The van der Waals surface area contributed by atoms with Crippen LogP contribution in [0.4, 0.5) is 0 Å². The van der Waals surface area contributed by atoms with Crippen LogP contribution >= 0.6 is 15.9 Å². The fourth-order valence-electron chi connectivity index (χ4n) is 1.56. The van der Waals surface area contributed by atoms with Crippen molar-refractivity contribution in [2.45, 2.75) is 19.9 Å². The van der Waals surface area contributed by atoms with Crippen molar-refractivity contribution >= 4 is 21.8 Å². The summed E-state index contributed by atoms with van der Waals surface area (Å²) in [4.78, 5) is 11.8. The van der Waals surface area contributed by atoms with Crippen LogP contribution in [0.5, 0.6) is 0 Å². The fourth-order valence-corrected chi connectivity index (χ4v) is 1.83. The van der Waals surface area contributed by atoms with E-state index in [1.54, 1.807) is 6.07 Å². The van der Waals surface area contributed by atoms with Crippen LogP contribution in [-0.4, -0.2) is 5.91 Å². The Morgan fingerprint density at radius 3 is 2.56 bits per heavy atom. The molecule has 1 aromatic carbocycles. The van der Waals surface area contributed by atoms with Gasteiger partial charge in [-0.3, -0.25) is 4.79 Å². The molecule has 0 aliphatic rings. The first-order chi connectivity index (χ1) is 8.69. The van der Waals surface area contributed by atoms with Gasteiger partial charge in [0, 0.05) is 17.4 Å². The van der Waals surface area contributed by atoms with Crippen LogP contribution < -0.4 is 5.32 Å². The maximum Gasteiger partial charge on any atom is 0.287 e. The highest BCUT2D eigenvalue weighted by molar-refractivity contribution is 9.10. The zero-order chi connectivity index (χ0) is 13.0. The molecule has 4 heteroatoms. The molecule has 1 aromatic heterocycles. The van der Waals surface area contributed by atoms with Gasteiger partial charge in [-0.2, -0.15) is 0 Å². The Kier molecular flexibility index (Phi) is 4.20. The smallest absolute Gasteiger partial charge is 0.287 e. The molecule has 0 aliphatic heterocycles. The second-order valence-corrected chi connectivity index (χ2v) is 4.84. The van der Waals surface area contributed by atoms with E-state index in [1.807, 2.05) is 37.3 Å². The van der Waals surface area contributed by atoms with Crippen LogP contribution in [0.15, 0.2) is 45.3 Å². The van der Waals surface area contributed by atoms with Crippen molar-refractivity contribution in [3.63, 3.8) is 0 Å². The number of hydrogen-bond donors (Lipinski definition) is 1. The molecule has 0 bridgehead atoms. The van der Waals surface area contributed by atoms with Gasteiger partial charge >= 0.3 is 0 Å². The van der Waals surface area contributed by atoms with E-state index in [-0.39, 0.29) is 5.91 Å². The quantitative estimate of drug-likeness (QED) is 0.939. The number of aryl methyl sites for hydroxylation is 1. The third kappa shape index (κ3) is 3.23. The number of benzene rings is 1. The fraction of sp³-hybridized carbons (Fsp3) is 0.214. The summed E-state index contributed by atoms with van der Waals surface area (Å²) in [6.07, 6.45) is 0.792. The van der Waals surface area contributed by atoms with Crippen molar-refractivity contribution in [2.75, 3.05) is 0 Å². The van der Waals surface area contributed by atoms with Gasteiger partial charge in [0.05, 0.1) is 0 Å². The number of rotatable bonds is 4. The third-order valence-electron chi connectivity index (χ3n) is 2.60. The van der Waals surface area contributed by atoms with Gasteiger partial charge in [-0.15, -0.1) is 0 Å². The van der Waals surface area contributed by atoms with Crippen LogP contribution in [-0.2, 0) is 13.0 Å². The molecule has 2 rings (SSSR count). The van der Waals surface area contributed by atoms with Gasteiger partial charge in [0.25, 0.3) is 5.91 Å². The lowest BCUT2D eigenvalue weighted by atomic mass is 10.2. The van der Waals surface area contributed by atoms with Gasteiger partial charge in [0.1, 0.15) is 5.76 Å². The van der Waals surface area contributed by atoms with Crippen LogP contribution in [0, 0.1) is 0 Å². The molecular weight excluding hydrogens is 294 g/mol. The van der Waals surface area contributed by atoms with E-state index in [0.29, 0.717) is 12.3 Å². The van der Waals surface area contributed by atoms with Crippen molar-refractivity contribution < 1.29 is 9.21 Å². The zero-order valence-electron chi connectivity index (χ0n) is 10.1. The standard InChI is InChI=1S/C14H14BrNO2/c1-2-12-7-8-13(18-12)14(17)16-9-10-3-5-11(15)6-4-10/h3-8H,2,9H2,1H3,(H,16,17). The van der Waals surface area contributed by atoms with Crippen molar-refractivity contribution in [1.82, 2.24) is 5.32 Å². The third-order valence-corrected chi connectivity index (χ3v) is 3.13. The highest BCUT2D eigenvalue weighted by atomic mass is 79.9. The van der Waals surface area contributed by atoms with Gasteiger partial charge in [0.15, 0.2) is 5.76 Å². The average Bonchev–Trinajstić information content (AvgIpc) is 2.86. The Balaban J connectivity index is 1.93. The summed E-state index contributed by atoms with van der Waals surface area (Å²) >= 11 is 3.37. The molecule has 0 saturated carbocycles. The van der Waals surface area contributed by atoms with Gasteiger partial charge in [-0.25, -0.2) is 0 Å². The van der Waals surface area contributed by atoms with Crippen LogP contribution in [0.3, 0.4) is 0 Å². The predicted molar refractivity (Wildman–Crippen MR) is 73.4 cm³/mol. The Hall–Kier alpha value is -1.55. The van der Waals surface area contributed by atoms with Gasteiger partial charge in [-0.05, 0) is 29.8 Å². The van der Waals surface area contributed by atoms with Gasteiger partial charge < -0.3 is 9.73 Å². The SMILES string of the molecule is CCc1ccc(C(=O)NCc2ccc(Br)cc2)o1. The number of carbonyl (C=O) groups excluding carboxylic acids is 1. The summed E-state index contributed by atoms with van der Waals surface area (Å²) in [5, 5.41) is 2.82. The van der Waals surface area contributed by atoms with E-state index in [2.05, 4.69) is 21.2 Å². The van der Waals surface area contributed by atoms with Crippen LogP contribution in [0.1, 0.15) is 28.8 Å². The second-order valence-electron chi connectivity index (χ2n) is 3.93. The first kappa shape index (κ1) is 12.9. The molecule has 1 N–H and O–H groups in total. The lowest BCUT2D eigenvalue weighted by Gasteiger charge is -2.03. The number of carbonyl (C=O) groups is 1. The van der Waals surface area contributed by atoms with E-state index >= 15 is 0 Å². The van der Waals surface area contributed by atoms with Crippen molar-refractivity contribution in [1.29, 1.82) is 0 Å². The van der Waals surface area contributed by atoms with E-state index in [4.69, 9.17) is 4.42 Å². The molecule has 1 amide bonds. The number of hydrogen-bond acceptors (Lipinski definition) is 2. The minimum absolute atomic E-state index is 0.183. The highest BCUT2D eigenvalue weighted by Crippen LogP contribution is 2.11. The largest absolute Gasteiger partial charge is 0.456 e. The maximum atomic E-state index is 11.8. The van der Waals surface area contributed by atoms with Crippen LogP contribution in [0.25, 0.3) is 0 Å². The minimum atomic E-state index is -0.183. The topological polar surface area (TPSA) is 42.2 Å². The number of nitrogens with one attached hydrogen (secondary N) is 1. The lowest BCUT2D eigenvalue weighted by Crippen LogP contribution is -2.22. The molecule has 0 fully saturated rings. The minimum Gasteiger partial charge on any atom is -0.456 e. The summed E-state index contributed by atoms with van der Waals surface area (Å²) in [5.74, 6) is 1.00. The van der Waals surface area contributed by atoms with E-state index < -0.39 is 0 Å². The van der Waals surface area contributed by atoms with Gasteiger partial charge in [-0.1, -0.05) is 35.0 Å². The van der Waals surface area contributed by atoms with Gasteiger partial charge in [0.2, 0.25) is 0 Å². The van der Waals surface area contributed by atoms with Crippen molar-refractivity contribution in [2.24, 2.45) is 0 Å². The molecule has 18 heavy (non-hydrogen) atoms. The summed E-state index contributed by atoms with van der Waals surface area (Å²) in [6.45, 7) is 2.48. The van der Waals surface area contributed by atoms with Crippen molar-refractivity contribution in [3.8, 4) is 0 Å². The zero-order valence-corrected chi connectivity index (χ0v) is 11.7. The molecule has 3 nitrogen and oxygen atoms in total. The lowest BCUT2D eigenvalue weighted by molar-refractivity contribution is 0.0921. The Morgan fingerprint density at radius 2 is 1.94 bits per heavy atom. The summed E-state index contributed by atoms with van der Waals surface area (Å²) in [6, 6.07) is 11.4. The molecule has 0 radical (unpaired) electrons. The normalized spacial score (nSPS) is 10.3. The monoisotopic (exact) mass is 307 g/mol. The molecule has 0 atom stereocenters. The molecule has 0 unspecified atom stereocenters. The Morgan fingerprint density at radius 1 is 1.22 bits per heavy atom. The first-order valence-corrected chi connectivity index (χ1v) is 6.59. The molecule has 0 aliphatic carbocycles. The molecule has 1 heterocycles. The Labute approximate surface area is 114 Å². The van der Waals surface area contributed by atoms with Crippen molar-refractivity contribution in [3.05, 3.63) is 58.0 Å². The summed E-state index contributed by atoms with van der Waals surface area (Å²) < 4.78 is 6.41. The number of amides is 1. The maximum absolute atomic E-state index is 11.8. The van der Waals surface area contributed by atoms with E-state index in [1.165, 1.54) is 0 Å². The van der Waals surface area contributed by atoms with E-state index in [0.717, 1.165) is 22.2 Å². The summed E-state index contributed by atoms with van der Waals surface area (Å²) in [5.41, 5.74) is 1.05. The highest BCUT2D eigenvalue weighted by Gasteiger charge is 2.09. The molecule has 0 saturated heterocycles. The molecule has 94 valence electrons. The predicted octanol–water partition coefficient (Wildman–Crippen LogP) is 3.53. The first-order valence-electron chi connectivity index (χ1n) is 5.80. The second kappa shape index (κ2) is 5.87. The number of halogens is 1. The average molecular weight is 308 g/mol. The molecule has 0 spiro atoms. The van der Waals surface area contributed by atoms with Crippen LogP contribution in [0.2, 0.25) is 0 Å². The molecular formula is C14H14BrNO2. The van der Waals surface area contributed by atoms with E-state index in [9.17, 15) is 4.79 Å². The number of furan rings is 1.